The number of benzene rings is 1. The summed E-state index contributed by atoms with van der Waals surface area (Å²) < 4.78 is 0. The maximum absolute atomic E-state index is 10.7. The highest BCUT2D eigenvalue weighted by atomic mass is 16.3. The van der Waals surface area contributed by atoms with Crippen molar-refractivity contribution in [2.24, 2.45) is 5.92 Å². The van der Waals surface area contributed by atoms with Gasteiger partial charge in [0.15, 0.2) is 0 Å². The standard InChI is InChI=1S/C15H22O/c1-10-5-6-15(16,9-10)14-8-12(3)11(2)7-13(14)4/h7-8,10,16H,5-6,9H2,1-4H3. The van der Waals surface area contributed by atoms with Gasteiger partial charge < -0.3 is 5.11 Å². The molecule has 0 saturated heterocycles. The fourth-order valence-electron chi connectivity index (χ4n) is 2.97. The second kappa shape index (κ2) is 3.89. The van der Waals surface area contributed by atoms with Crippen molar-refractivity contribution in [3.63, 3.8) is 0 Å². The molecular formula is C15H22O. The minimum Gasteiger partial charge on any atom is -0.385 e. The van der Waals surface area contributed by atoms with Crippen LogP contribution in [0.3, 0.4) is 0 Å². The molecule has 0 bridgehead atoms. The highest BCUT2D eigenvalue weighted by Crippen LogP contribution is 2.43. The second-order valence-electron chi connectivity index (χ2n) is 5.63. The zero-order chi connectivity index (χ0) is 11.9. The molecule has 16 heavy (non-hydrogen) atoms. The van der Waals surface area contributed by atoms with Crippen LogP contribution in [0.4, 0.5) is 0 Å². The van der Waals surface area contributed by atoms with Crippen LogP contribution in [-0.4, -0.2) is 5.11 Å². The van der Waals surface area contributed by atoms with Crippen LogP contribution in [0.5, 0.6) is 0 Å². The maximum Gasteiger partial charge on any atom is 0.0901 e. The summed E-state index contributed by atoms with van der Waals surface area (Å²) in [5.74, 6) is 0.644. The Morgan fingerprint density at radius 1 is 1.12 bits per heavy atom. The molecule has 0 radical (unpaired) electrons. The highest BCUT2D eigenvalue weighted by Gasteiger charge is 2.37. The molecule has 2 rings (SSSR count). The zero-order valence-corrected chi connectivity index (χ0v) is 10.8. The molecule has 1 saturated carbocycles. The molecule has 0 heterocycles. The summed E-state index contributed by atoms with van der Waals surface area (Å²) in [7, 11) is 0. The largest absolute Gasteiger partial charge is 0.385 e. The fraction of sp³-hybridized carbons (Fsp3) is 0.600. The lowest BCUT2D eigenvalue weighted by molar-refractivity contribution is 0.0401. The molecule has 0 amide bonds. The SMILES string of the molecule is Cc1cc(C)c(C2(O)CCC(C)C2)cc1C. The highest BCUT2D eigenvalue weighted by molar-refractivity contribution is 5.40. The molecule has 1 aromatic carbocycles. The lowest BCUT2D eigenvalue weighted by atomic mass is 9.86. The second-order valence-corrected chi connectivity index (χ2v) is 5.63. The predicted molar refractivity (Wildman–Crippen MR) is 67.6 cm³/mol. The molecule has 1 aliphatic carbocycles. The van der Waals surface area contributed by atoms with Gasteiger partial charge in [-0.2, -0.15) is 0 Å². The van der Waals surface area contributed by atoms with E-state index in [9.17, 15) is 5.11 Å². The van der Waals surface area contributed by atoms with Crippen molar-refractivity contribution in [1.29, 1.82) is 0 Å². The van der Waals surface area contributed by atoms with E-state index in [1.807, 2.05) is 0 Å². The molecule has 1 nitrogen and oxygen atoms in total. The van der Waals surface area contributed by atoms with Gasteiger partial charge in [0.05, 0.1) is 5.60 Å². The van der Waals surface area contributed by atoms with E-state index >= 15 is 0 Å². The Hall–Kier alpha value is -0.820. The number of hydrogen-bond acceptors (Lipinski definition) is 1. The monoisotopic (exact) mass is 218 g/mol. The first kappa shape index (κ1) is 11.7. The van der Waals surface area contributed by atoms with Crippen LogP contribution >= 0.6 is 0 Å². The molecule has 1 aromatic rings. The maximum atomic E-state index is 10.7. The minimum atomic E-state index is -0.567. The number of aliphatic hydroxyl groups is 1. The van der Waals surface area contributed by atoms with E-state index in [0.717, 1.165) is 24.8 Å². The molecule has 1 aliphatic rings. The Kier molecular flexibility index (Phi) is 2.83. The Bertz CT molecular complexity index is 408. The van der Waals surface area contributed by atoms with Crippen molar-refractivity contribution in [2.45, 2.75) is 52.6 Å². The van der Waals surface area contributed by atoms with E-state index in [1.165, 1.54) is 16.7 Å². The first-order chi connectivity index (χ1) is 7.42. The van der Waals surface area contributed by atoms with Crippen LogP contribution in [0.25, 0.3) is 0 Å². The Morgan fingerprint density at radius 3 is 2.31 bits per heavy atom. The van der Waals surface area contributed by atoms with Gasteiger partial charge in [-0.15, -0.1) is 0 Å². The fourth-order valence-corrected chi connectivity index (χ4v) is 2.97. The summed E-state index contributed by atoms with van der Waals surface area (Å²) in [5, 5.41) is 10.7. The van der Waals surface area contributed by atoms with Crippen molar-refractivity contribution in [2.75, 3.05) is 0 Å². The molecule has 0 aromatic heterocycles. The molecule has 1 fully saturated rings. The molecule has 2 atom stereocenters. The Labute approximate surface area is 98.5 Å². The summed E-state index contributed by atoms with van der Waals surface area (Å²) in [6, 6.07) is 4.38. The quantitative estimate of drug-likeness (QED) is 0.763. The van der Waals surface area contributed by atoms with Gasteiger partial charge in [-0.05, 0) is 68.2 Å². The van der Waals surface area contributed by atoms with E-state index in [0.29, 0.717) is 5.92 Å². The van der Waals surface area contributed by atoms with Crippen LogP contribution in [0.15, 0.2) is 12.1 Å². The zero-order valence-electron chi connectivity index (χ0n) is 10.8. The van der Waals surface area contributed by atoms with Gasteiger partial charge in [-0.3, -0.25) is 0 Å². The van der Waals surface area contributed by atoms with Gasteiger partial charge >= 0.3 is 0 Å². The number of rotatable bonds is 1. The third kappa shape index (κ3) is 1.89. The summed E-state index contributed by atoms with van der Waals surface area (Å²) >= 11 is 0. The van der Waals surface area contributed by atoms with E-state index in [4.69, 9.17) is 0 Å². The van der Waals surface area contributed by atoms with Crippen molar-refractivity contribution in [3.05, 3.63) is 34.4 Å². The van der Waals surface area contributed by atoms with E-state index in [-0.39, 0.29) is 0 Å². The normalized spacial score (nSPS) is 29.7. The van der Waals surface area contributed by atoms with Gasteiger partial charge in [0, 0.05) is 0 Å². The Balaban J connectivity index is 2.44. The van der Waals surface area contributed by atoms with Crippen LogP contribution in [0.2, 0.25) is 0 Å². The van der Waals surface area contributed by atoms with Crippen LogP contribution in [0, 0.1) is 26.7 Å². The summed E-state index contributed by atoms with van der Waals surface area (Å²) in [4.78, 5) is 0. The average Bonchev–Trinajstić information content (AvgIpc) is 2.53. The number of aryl methyl sites for hydroxylation is 3. The van der Waals surface area contributed by atoms with Gasteiger partial charge in [0.1, 0.15) is 0 Å². The summed E-state index contributed by atoms with van der Waals surface area (Å²) in [6.45, 7) is 8.60. The third-order valence-electron chi connectivity index (χ3n) is 4.08. The lowest BCUT2D eigenvalue weighted by Gasteiger charge is -2.26. The summed E-state index contributed by atoms with van der Waals surface area (Å²) in [6.07, 6.45) is 2.97. The van der Waals surface area contributed by atoms with Crippen LogP contribution in [0.1, 0.15) is 48.4 Å². The molecule has 0 spiro atoms. The molecule has 1 heteroatoms. The van der Waals surface area contributed by atoms with Crippen LogP contribution in [-0.2, 0) is 5.60 Å². The first-order valence-corrected chi connectivity index (χ1v) is 6.23. The summed E-state index contributed by atoms with van der Waals surface area (Å²) in [5.41, 5.74) is 4.42. The van der Waals surface area contributed by atoms with E-state index in [2.05, 4.69) is 39.8 Å². The van der Waals surface area contributed by atoms with Crippen LogP contribution < -0.4 is 0 Å². The average molecular weight is 218 g/mol. The van der Waals surface area contributed by atoms with Crippen molar-refractivity contribution < 1.29 is 5.11 Å². The van der Waals surface area contributed by atoms with Crippen molar-refractivity contribution in [1.82, 2.24) is 0 Å². The third-order valence-corrected chi connectivity index (χ3v) is 4.08. The smallest absolute Gasteiger partial charge is 0.0901 e. The Morgan fingerprint density at radius 2 is 1.75 bits per heavy atom. The van der Waals surface area contributed by atoms with Gasteiger partial charge in [-0.25, -0.2) is 0 Å². The van der Waals surface area contributed by atoms with Gasteiger partial charge in [0.2, 0.25) is 0 Å². The van der Waals surface area contributed by atoms with Gasteiger partial charge in [0.25, 0.3) is 0 Å². The number of hydrogen-bond donors (Lipinski definition) is 1. The molecular weight excluding hydrogens is 196 g/mol. The predicted octanol–water partition coefficient (Wildman–Crippen LogP) is 3.62. The minimum absolute atomic E-state index is 0.567. The molecule has 0 aliphatic heterocycles. The first-order valence-electron chi connectivity index (χ1n) is 6.23. The van der Waals surface area contributed by atoms with Crippen molar-refractivity contribution in [3.8, 4) is 0 Å². The van der Waals surface area contributed by atoms with E-state index in [1.54, 1.807) is 0 Å². The van der Waals surface area contributed by atoms with Gasteiger partial charge in [-0.1, -0.05) is 19.1 Å². The topological polar surface area (TPSA) is 20.2 Å². The molecule has 1 N–H and O–H groups in total. The molecule has 88 valence electrons. The van der Waals surface area contributed by atoms with E-state index < -0.39 is 5.60 Å². The molecule has 2 unspecified atom stereocenters. The lowest BCUT2D eigenvalue weighted by Crippen LogP contribution is -2.23. The van der Waals surface area contributed by atoms with Crippen molar-refractivity contribution >= 4 is 0 Å².